The van der Waals surface area contributed by atoms with Gasteiger partial charge in [-0.05, 0) is 18.4 Å². The maximum atomic E-state index is 12.2. The number of amides is 2. The van der Waals surface area contributed by atoms with Crippen LogP contribution in [0, 0.1) is 0 Å². The van der Waals surface area contributed by atoms with Gasteiger partial charge in [0, 0.05) is 20.6 Å². The van der Waals surface area contributed by atoms with Crippen LogP contribution in [-0.2, 0) is 20.9 Å². The van der Waals surface area contributed by atoms with Crippen molar-refractivity contribution in [3.63, 3.8) is 0 Å². The molecule has 0 aliphatic carbocycles. The van der Waals surface area contributed by atoms with Crippen LogP contribution in [0.3, 0.4) is 0 Å². The second-order valence-electron chi connectivity index (χ2n) is 5.46. The molecule has 0 aromatic heterocycles. The monoisotopic (exact) mass is 290 g/mol. The van der Waals surface area contributed by atoms with Gasteiger partial charge in [0.05, 0.1) is 6.61 Å². The highest BCUT2D eigenvalue weighted by Gasteiger charge is 2.34. The minimum atomic E-state index is -0.326. The number of hydrogen-bond donors (Lipinski definition) is 0. The minimum Gasteiger partial charge on any atom is -0.367 e. The third-order valence-corrected chi connectivity index (χ3v) is 3.64. The van der Waals surface area contributed by atoms with Crippen LogP contribution >= 0.6 is 0 Å². The number of rotatable bonds is 5. The third-order valence-electron chi connectivity index (χ3n) is 3.64. The molecular formula is C16H22N2O3. The molecule has 0 radical (unpaired) electrons. The predicted octanol–water partition coefficient (Wildman–Crippen LogP) is 1.28. The second kappa shape index (κ2) is 7.22. The van der Waals surface area contributed by atoms with Crippen molar-refractivity contribution in [3.8, 4) is 0 Å². The summed E-state index contributed by atoms with van der Waals surface area (Å²) in [5, 5.41) is 0. The number of likely N-dealkylation sites (tertiary alicyclic amines) is 1. The van der Waals surface area contributed by atoms with Crippen LogP contribution in [0.15, 0.2) is 30.3 Å². The summed E-state index contributed by atoms with van der Waals surface area (Å²) in [6, 6.07) is 9.40. The van der Waals surface area contributed by atoms with Crippen molar-refractivity contribution in [3.05, 3.63) is 35.9 Å². The molecule has 1 aromatic rings. The van der Waals surface area contributed by atoms with Crippen molar-refractivity contribution < 1.29 is 14.3 Å². The molecule has 0 unspecified atom stereocenters. The average Bonchev–Trinajstić information content (AvgIpc) is 2.96. The lowest BCUT2D eigenvalue weighted by Gasteiger charge is -2.26. The van der Waals surface area contributed by atoms with E-state index in [1.807, 2.05) is 30.3 Å². The molecule has 2 rings (SSSR count). The molecule has 0 bridgehead atoms. The fourth-order valence-corrected chi connectivity index (χ4v) is 2.53. The van der Waals surface area contributed by atoms with Crippen molar-refractivity contribution in [2.45, 2.75) is 25.5 Å². The van der Waals surface area contributed by atoms with Crippen molar-refractivity contribution in [2.24, 2.45) is 0 Å². The van der Waals surface area contributed by atoms with Gasteiger partial charge in [0.15, 0.2) is 0 Å². The van der Waals surface area contributed by atoms with E-state index in [9.17, 15) is 9.59 Å². The molecule has 1 aliphatic rings. The Hall–Kier alpha value is -1.88. The van der Waals surface area contributed by atoms with E-state index in [2.05, 4.69) is 0 Å². The summed E-state index contributed by atoms with van der Waals surface area (Å²) in [7, 11) is 3.43. The second-order valence-corrected chi connectivity index (χ2v) is 5.46. The first-order valence-corrected chi connectivity index (χ1v) is 7.22. The van der Waals surface area contributed by atoms with E-state index in [4.69, 9.17) is 4.74 Å². The maximum absolute atomic E-state index is 12.2. The fraction of sp³-hybridized carbons (Fsp3) is 0.500. The SMILES string of the molecule is CN(C)C(=O)[C@@H]1CCCN1C(=O)COCc1ccccc1. The summed E-state index contributed by atoms with van der Waals surface area (Å²) in [4.78, 5) is 27.4. The molecule has 1 aromatic carbocycles. The van der Waals surface area contributed by atoms with Gasteiger partial charge < -0.3 is 14.5 Å². The Bertz CT molecular complexity index is 488. The van der Waals surface area contributed by atoms with E-state index < -0.39 is 0 Å². The van der Waals surface area contributed by atoms with Crippen molar-refractivity contribution >= 4 is 11.8 Å². The highest BCUT2D eigenvalue weighted by atomic mass is 16.5. The van der Waals surface area contributed by atoms with Gasteiger partial charge in [0.1, 0.15) is 12.6 Å². The van der Waals surface area contributed by atoms with Crippen LogP contribution in [0.25, 0.3) is 0 Å². The highest BCUT2D eigenvalue weighted by molar-refractivity contribution is 5.88. The smallest absolute Gasteiger partial charge is 0.249 e. The Kier molecular flexibility index (Phi) is 5.33. The zero-order valence-electron chi connectivity index (χ0n) is 12.6. The number of carbonyl (C=O) groups excluding carboxylic acids is 2. The quantitative estimate of drug-likeness (QED) is 0.821. The van der Waals surface area contributed by atoms with Crippen LogP contribution in [0.4, 0.5) is 0 Å². The van der Waals surface area contributed by atoms with Crippen LogP contribution in [0.2, 0.25) is 0 Å². The van der Waals surface area contributed by atoms with E-state index in [0.29, 0.717) is 13.2 Å². The predicted molar refractivity (Wildman–Crippen MR) is 79.5 cm³/mol. The Morgan fingerprint density at radius 3 is 2.67 bits per heavy atom. The lowest BCUT2D eigenvalue weighted by molar-refractivity contribution is -0.145. The highest BCUT2D eigenvalue weighted by Crippen LogP contribution is 2.19. The average molecular weight is 290 g/mol. The van der Waals surface area contributed by atoms with Crippen LogP contribution in [-0.4, -0.2) is 54.9 Å². The molecule has 1 heterocycles. The van der Waals surface area contributed by atoms with E-state index in [0.717, 1.165) is 18.4 Å². The number of hydrogen-bond acceptors (Lipinski definition) is 3. The van der Waals surface area contributed by atoms with Gasteiger partial charge >= 0.3 is 0 Å². The van der Waals surface area contributed by atoms with Crippen molar-refractivity contribution in [1.29, 1.82) is 0 Å². The molecule has 0 N–H and O–H groups in total. The van der Waals surface area contributed by atoms with Crippen molar-refractivity contribution in [1.82, 2.24) is 9.80 Å². The number of nitrogens with zero attached hydrogens (tertiary/aromatic N) is 2. The molecule has 114 valence electrons. The summed E-state index contributed by atoms with van der Waals surface area (Å²) in [6.45, 7) is 1.07. The standard InChI is InChI=1S/C16H22N2O3/c1-17(2)16(20)14-9-6-10-18(14)15(19)12-21-11-13-7-4-3-5-8-13/h3-5,7-8,14H,6,9-12H2,1-2H3/t14-/m0/s1. The first kappa shape index (κ1) is 15.5. The summed E-state index contributed by atoms with van der Waals surface area (Å²) < 4.78 is 5.47. The van der Waals surface area contributed by atoms with Gasteiger partial charge in [-0.15, -0.1) is 0 Å². The Morgan fingerprint density at radius 1 is 1.29 bits per heavy atom. The van der Waals surface area contributed by atoms with Gasteiger partial charge in [-0.1, -0.05) is 30.3 Å². The molecule has 1 fully saturated rings. The number of carbonyl (C=O) groups is 2. The molecule has 21 heavy (non-hydrogen) atoms. The van der Waals surface area contributed by atoms with Gasteiger partial charge in [0.25, 0.3) is 0 Å². The molecule has 1 aliphatic heterocycles. The number of ether oxygens (including phenoxy) is 1. The zero-order valence-corrected chi connectivity index (χ0v) is 12.6. The Balaban J connectivity index is 1.83. The van der Waals surface area contributed by atoms with Crippen LogP contribution < -0.4 is 0 Å². The van der Waals surface area contributed by atoms with Crippen LogP contribution in [0.1, 0.15) is 18.4 Å². The maximum Gasteiger partial charge on any atom is 0.249 e. The van der Waals surface area contributed by atoms with Gasteiger partial charge in [-0.2, -0.15) is 0 Å². The molecule has 0 saturated carbocycles. The van der Waals surface area contributed by atoms with E-state index in [1.54, 1.807) is 23.9 Å². The third kappa shape index (κ3) is 4.04. The van der Waals surface area contributed by atoms with Crippen molar-refractivity contribution in [2.75, 3.05) is 27.2 Å². The van der Waals surface area contributed by atoms with E-state index in [1.165, 1.54) is 0 Å². The molecule has 1 saturated heterocycles. The van der Waals surface area contributed by atoms with E-state index >= 15 is 0 Å². The molecule has 0 spiro atoms. The van der Waals surface area contributed by atoms with Gasteiger partial charge in [-0.3, -0.25) is 9.59 Å². The largest absolute Gasteiger partial charge is 0.367 e. The molecule has 5 nitrogen and oxygen atoms in total. The van der Waals surface area contributed by atoms with Gasteiger partial charge in [0.2, 0.25) is 11.8 Å². The fourth-order valence-electron chi connectivity index (χ4n) is 2.53. The first-order valence-electron chi connectivity index (χ1n) is 7.22. The molecule has 5 heteroatoms. The van der Waals surface area contributed by atoms with Crippen LogP contribution in [0.5, 0.6) is 0 Å². The normalized spacial score (nSPS) is 17.8. The Labute approximate surface area is 125 Å². The summed E-state index contributed by atoms with van der Waals surface area (Å²) >= 11 is 0. The summed E-state index contributed by atoms with van der Waals surface area (Å²) in [6.07, 6.45) is 1.61. The molecule has 1 atom stereocenters. The zero-order chi connectivity index (χ0) is 15.2. The molecule has 2 amide bonds. The Morgan fingerprint density at radius 2 is 2.00 bits per heavy atom. The first-order chi connectivity index (χ1) is 10.1. The summed E-state index contributed by atoms with van der Waals surface area (Å²) in [5.41, 5.74) is 1.03. The topological polar surface area (TPSA) is 49.9 Å². The van der Waals surface area contributed by atoms with E-state index in [-0.39, 0.29) is 24.5 Å². The minimum absolute atomic E-state index is 0.0103. The molecular weight excluding hydrogens is 268 g/mol. The lowest BCUT2D eigenvalue weighted by Crippen LogP contribution is -2.46. The summed E-state index contributed by atoms with van der Waals surface area (Å²) in [5.74, 6) is -0.118. The number of benzene rings is 1. The number of likely N-dealkylation sites (N-methyl/N-ethyl adjacent to an activating group) is 1. The van der Waals surface area contributed by atoms with Gasteiger partial charge in [-0.25, -0.2) is 0 Å². The lowest BCUT2D eigenvalue weighted by atomic mass is 10.2.